The van der Waals surface area contributed by atoms with Gasteiger partial charge in [-0.1, -0.05) is 24.9 Å². The number of carbonyl (C=O) groups excluding carboxylic acids is 1. The number of carbonyl (C=O) groups is 1. The summed E-state index contributed by atoms with van der Waals surface area (Å²) in [6.45, 7) is 2.15. The van der Waals surface area contributed by atoms with E-state index in [1.165, 1.54) is 0 Å². The first-order chi connectivity index (χ1) is 16.1. The van der Waals surface area contributed by atoms with Crippen molar-refractivity contribution in [2.24, 2.45) is 5.92 Å². The topological polar surface area (TPSA) is 98.0 Å². The van der Waals surface area contributed by atoms with Gasteiger partial charge in [0.2, 0.25) is 5.91 Å². The van der Waals surface area contributed by atoms with Gasteiger partial charge in [0.1, 0.15) is 16.9 Å². The molecule has 1 unspecified atom stereocenters. The van der Waals surface area contributed by atoms with E-state index in [2.05, 4.69) is 27.2 Å². The number of fused-ring (bicyclic) bond motifs is 2. The van der Waals surface area contributed by atoms with E-state index in [0.717, 1.165) is 49.0 Å². The van der Waals surface area contributed by atoms with Gasteiger partial charge in [-0.15, -0.1) is 0 Å². The number of aromatic nitrogens is 6. The molecule has 1 aliphatic heterocycles. The Balaban J connectivity index is 1.46. The Kier molecular flexibility index (Phi) is 4.65. The molecule has 5 heterocycles. The molecule has 1 amide bonds. The van der Waals surface area contributed by atoms with Crippen molar-refractivity contribution in [1.29, 1.82) is 0 Å². The zero-order valence-corrected chi connectivity index (χ0v) is 18.9. The summed E-state index contributed by atoms with van der Waals surface area (Å²) < 4.78 is 1.95. The molecule has 166 valence electrons. The van der Waals surface area contributed by atoms with Crippen molar-refractivity contribution in [1.82, 2.24) is 29.3 Å². The number of hydrogen-bond donors (Lipinski definition) is 1. The minimum absolute atomic E-state index is 0.108. The number of rotatable bonds is 6. The predicted octanol–water partition coefficient (Wildman–Crippen LogP) is 4.23. The van der Waals surface area contributed by atoms with Gasteiger partial charge in [0, 0.05) is 36.5 Å². The minimum Gasteiger partial charge on any atom is -0.309 e. The van der Waals surface area contributed by atoms with Gasteiger partial charge in [0.15, 0.2) is 11.5 Å². The molecule has 33 heavy (non-hydrogen) atoms. The fraction of sp³-hybridized carbons (Fsp3) is 0.333. The lowest BCUT2D eigenvalue weighted by Gasteiger charge is -2.26. The number of imidazole rings is 1. The molecule has 9 heteroatoms. The zero-order chi connectivity index (χ0) is 22.6. The molecule has 0 aromatic carbocycles. The van der Waals surface area contributed by atoms with Crippen LogP contribution in [0.3, 0.4) is 0 Å². The lowest BCUT2D eigenvalue weighted by atomic mass is 9.75. The first-order valence-electron chi connectivity index (χ1n) is 11.2. The van der Waals surface area contributed by atoms with Crippen LogP contribution in [0.1, 0.15) is 49.6 Å². The maximum atomic E-state index is 13.4. The molecule has 8 nitrogen and oxygen atoms in total. The first-order valence-corrected chi connectivity index (χ1v) is 11.6. The van der Waals surface area contributed by atoms with E-state index in [9.17, 15) is 4.79 Å². The number of unbranched alkanes of at least 4 members (excludes halogenated alkanes) is 1. The van der Waals surface area contributed by atoms with Gasteiger partial charge in [-0.05, 0) is 43.7 Å². The van der Waals surface area contributed by atoms with Gasteiger partial charge in [0.25, 0.3) is 0 Å². The first kappa shape index (κ1) is 20.2. The Labute approximate surface area is 195 Å². The van der Waals surface area contributed by atoms with Crippen molar-refractivity contribution < 1.29 is 4.79 Å². The molecule has 2 aliphatic rings. The predicted molar refractivity (Wildman–Crippen MR) is 124 cm³/mol. The Hall–Kier alpha value is -3.39. The highest BCUT2D eigenvalue weighted by atomic mass is 35.5. The highest BCUT2D eigenvalue weighted by molar-refractivity contribution is 6.30. The monoisotopic (exact) mass is 459 g/mol. The van der Waals surface area contributed by atoms with Gasteiger partial charge in [-0.25, -0.2) is 19.9 Å². The van der Waals surface area contributed by atoms with Crippen molar-refractivity contribution in [3.8, 4) is 11.5 Å². The second-order valence-corrected chi connectivity index (χ2v) is 9.12. The summed E-state index contributed by atoms with van der Waals surface area (Å²) >= 11 is 6.06. The van der Waals surface area contributed by atoms with Crippen molar-refractivity contribution in [3.63, 3.8) is 0 Å². The van der Waals surface area contributed by atoms with Crippen molar-refractivity contribution in [2.45, 2.75) is 44.4 Å². The molecule has 0 bridgehead atoms. The molecule has 6 rings (SSSR count). The zero-order valence-electron chi connectivity index (χ0n) is 18.1. The normalized spacial score (nSPS) is 19.6. The van der Waals surface area contributed by atoms with Crippen LogP contribution in [0.5, 0.6) is 0 Å². The van der Waals surface area contributed by atoms with Crippen LogP contribution in [0, 0.1) is 5.92 Å². The highest BCUT2D eigenvalue weighted by Gasteiger charge is 2.59. The van der Waals surface area contributed by atoms with E-state index in [-0.39, 0.29) is 11.8 Å². The third-order valence-corrected chi connectivity index (χ3v) is 6.79. The van der Waals surface area contributed by atoms with Crippen LogP contribution in [0.4, 0.5) is 5.82 Å². The van der Waals surface area contributed by atoms with Gasteiger partial charge in [-0.3, -0.25) is 9.78 Å². The van der Waals surface area contributed by atoms with Gasteiger partial charge >= 0.3 is 0 Å². The Bertz CT molecular complexity index is 1380. The van der Waals surface area contributed by atoms with Crippen LogP contribution in [0.2, 0.25) is 5.02 Å². The largest absolute Gasteiger partial charge is 0.309 e. The quantitative estimate of drug-likeness (QED) is 0.463. The average molecular weight is 460 g/mol. The highest BCUT2D eigenvalue weighted by Crippen LogP contribution is 2.55. The smallest absolute Gasteiger partial charge is 0.242 e. The van der Waals surface area contributed by atoms with E-state index in [1.807, 2.05) is 22.9 Å². The third-order valence-electron chi connectivity index (χ3n) is 6.56. The molecule has 1 fully saturated rings. The minimum atomic E-state index is -0.882. The van der Waals surface area contributed by atoms with Gasteiger partial charge in [0.05, 0.1) is 16.4 Å². The number of nitrogens with zero attached hydrogens (tertiary/aromatic N) is 6. The average Bonchev–Trinajstić information content (AvgIpc) is 3.48. The van der Waals surface area contributed by atoms with E-state index >= 15 is 0 Å². The third kappa shape index (κ3) is 3.12. The summed E-state index contributed by atoms with van der Waals surface area (Å²) in [7, 11) is 0. The summed E-state index contributed by atoms with van der Waals surface area (Å²) in [5, 5.41) is 3.54. The summed E-state index contributed by atoms with van der Waals surface area (Å²) in [5.74, 6) is 1.06. The molecule has 4 aromatic heterocycles. The van der Waals surface area contributed by atoms with Crippen LogP contribution < -0.4 is 5.32 Å². The Morgan fingerprint density at radius 2 is 2.06 bits per heavy atom. The lowest BCUT2D eigenvalue weighted by molar-refractivity contribution is -0.120. The second kappa shape index (κ2) is 7.59. The van der Waals surface area contributed by atoms with Crippen LogP contribution in [0.15, 0.2) is 43.1 Å². The Morgan fingerprint density at radius 1 is 1.18 bits per heavy atom. The maximum absolute atomic E-state index is 13.4. The van der Waals surface area contributed by atoms with Gasteiger partial charge < -0.3 is 9.72 Å². The fourth-order valence-electron chi connectivity index (χ4n) is 4.83. The van der Waals surface area contributed by atoms with E-state index in [1.54, 1.807) is 24.7 Å². The van der Waals surface area contributed by atoms with E-state index in [0.29, 0.717) is 28.1 Å². The summed E-state index contributed by atoms with van der Waals surface area (Å²) in [6.07, 6.45) is 13.7. The molecule has 0 saturated heterocycles. The standard InChI is InChI=1S/C24H22ClN7O/c1-2-3-4-17-22-26-9-10-32(22)13-18(29-17)21-28-12-16-20(30-21)31-23(33)24(16,14-5-6-14)19-8-7-15(25)11-27-19/h7-14H,2-6H2,1H3,(H,28,30,31,33). The fourth-order valence-corrected chi connectivity index (χ4v) is 4.94. The molecule has 1 aliphatic carbocycles. The lowest BCUT2D eigenvalue weighted by Crippen LogP contribution is -2.38. The summed E-state index contributed by atoms with van der Waals surface area (Å²) in [5.41, 5.74) is 2.99. The number of hydrogen-bond acceptors (Lipinski definition) is 6. The number of pyridine rings is 1. The van der Waals surface area contributed by atoms with Crippen LogP contribution in [-0.2, 0) is 16.6 Å². The summed E-state index contributed by atoms with van der Waals surface area (Å²) in [6, 6.07) is 3.61. The molecule has 4 aromatic rings. The number of aryl methyl sites for hydroxylation is 1. The molecular formula is C24H22ClN7O. The molecule has 1 atom stereocenters. The molecule has 0 spiro atoms. The number of halogens is 1. The molecular weight excluding hydrogens is 438 g/mol. The van der Waals surface area contributed by atoms with E-state index in [4.69, 9.17) is 21.6 Å². The second-order valence-electron chi connectivity index (χ2n) is 8.69. The van der Waals surface area contributed by atoms with E-state index < -0.39 is 5.41 Å². The molecule has 1 saturated carbocycles. The van der Waals surface area contributed by atoms with Crippen LogP contribution in [0.25, 0.3) is 17.2 Å². The van der Waals surface area contributed by atoms with Crippen molar-refractivity contribution in [2.75, 3.05) is 5.32 Å². The number of nitrogens with one attached hydrogen (secondary N) is 1. The van der Waals surface area contributed by atoms with Crippen molar-refractivity contribution in [3.05, 3.63) is 65.1 Å². The Morgan fingerprint density at radius 3 is 2.82 bits per heavy atom. The number of amides is 1. The van der Waals surface area contributed by atoms with Crippen LogP contribution >= 0.6 is 11.6 Å². The SMILES string of the molecule is CCCCc1nc(-c2ncc3c(n2)NC(=O)C3(c2ccc(Cl)cn2)C2CC2)cn2ccnc12. The summed E-state index contributed by atoms with van der Waals surface area (Å²) in [4.78, 5) is 36.6. The maximum Gasteiger partial charge on any atom is 0.242 e. The number of anilines is 1. The van der Waals surface area contributed by atoms with Gasteiger partial charge in [-0.2, -0.15) is 0 Å². The molecule has 0 radical (unpaired) electrons. The van der Waals surface area contributed by atoms with Crippen molar-refractivity contribution >= 4 is 29.0 Å². The van der Waals surface area contributed by atoms with Crippen LogP contribution in [-0.4, -0.2) is 35.2 Å². The molecule has 1 N–H and O–H groups in total.